The molecule has 3 nitrogen and oxygen atoms in total. The summed E-state index contributed by atoms with van der Waals surface area (Å²) in [5.41, 5.74) is 0.424. The van der Waals surface area contributed by atoms with Crippen molar-refractivity contribution in [3.8, 4) is 0 Å². The van der Waals surface area contributed by atoms with E-state index in [4.69, 9.17) is 0 Å². The second-order valence-electron chi connectivity index (χ2n) is 4.06. The van der Waals surface area contributed by atoms with Crippen molar-refractivity contribution < 1.29 is 9.18 Å². The van der Waals surface area contributed by atoms with Gasteiger partial charge in [-0.3, -0.25) is 10.1 Å². The maximum absolute atomic E-state index is 13.7. The molecule has 0 spiro atoms. The molecular formula is C14H8BrFN2OS. The van der Waals surface area contributed by atoms with Gasteiger partial charge in [0.1, 0.15) is 5.82 Å². The zero-order valence-electron chi connectivity index (χ0n) is 10.1. The first-order chi connectivity index (χ1) is 9.65. The lowest BCUT2D eigenvalue weighted by Gasteiger charge is -2.06. The number of nitrogens with zero attached hydrogens (tertiary/aromatic N) is 1. The molecule has 6 heteroatoms. The van der Waals surface area contributed by atoms with Crippen molar-refractivity contribution >= 4 is 49.1 Å². The predicted molar refractivity (Wildman–Crippen MR) is 81.7 cm³/mol. The summed E-state index contributed by atoms with van der Waals surface area (Å²) in [5, 5.41) is 4.22. The Hall–Kier alpha value is -1.79. The Morgan fingerprint density at radius 2 is 1.95 bits per heavy atom. The van der Waals surface area contributed by atoms with E-state index in [-0.39, 0.29) is 11.7 Å². The Bertz CT molecular complexity index is 803. The van der Waals surface area contributed by atoms with Gasteiger partial charge in [-0.1, -0.05) is 35.6 Å². The van der Waals surface area contributed by atoms with E-state index >= 15 is 0 Å². The number of rotatable bonds is 2. The maximum Gasteiger partial charge on any atom is 0.258 e. The summed E-state index contributed by atoms with van der Waals surface area (Å²) >= 11 is 4.60. The molecule has 0 saturated heterocycles. The number of hydrogen-bond acceptors (Lipinski definition) is 3. The predicted octanol–water partition coefficient (Wildman–Crippen LogP) is 4.45. The molecule has 0 bridgehead atoms. The topological polar surface area (TPSA) is 42.0 Å². The van der Waals surface area contributed by atoms with E-state index in [1.807, 2.05) is 0 Å². The lowest BCUT2D eigenvalue weighted by Crippen LogP contribution is -2.12. The average molecular weight is 351 g/mol. The molecule has 1 aromatic heterocycles. The van der Waals surface area contributed by atoms with E-state index < -0.39 is 0 Å². The molecule has 3 rings (SSSR count). The number of halogens is 2. The number of amides is 1. The summed E-state index contributed by atoms with van der Waals surface area (Å²) < 4.78 is 14.5. The van der Waals surface area contributed by atoms with Crippen LogP contribution in [0.15, 0.2) is 46.4 Å². The Morgan fingerprint density at radius 3 is 2.65 bits per heavy atom. The van der Waals surface area contributed by atoms with Crippen LogP contribution in [0.5, 0.6) is 0 Å². The molecule has 20 heavy (non-hydrogen) atoms. The van der Waals surface area contributed by atoms with E-state index in [0.717, 1.165) is 3.79 Å². The van der Waals surface area contributed by atoms with E-state index in [2.05, 4.69) is 26.2 Å². The fourth-order valence-electron chi connectivity index (χ4n) is 1.94. The third-order valence-electron chi connectivity index (χ3n) is 2.81. The molecule has 0 saturated carbocycles. The molecular weight excluding hydrogens is 343 g/mol. The normalized spacial score (nSPS) is 10.7. The first kappa shape index (κ1) is 13.2. The van der Waals surface area contributed by atoms with E-state index in [1.54, 1.807) is 30.5 Å². The quantitative estimate of drug-likeness (QED) is 0.741. The molecule has 100 valence electrons. The zero-order valence-corrected chi connectivity index (χ0v) is 12.5. The molecule has 3 aromatic rings. The summed E-state index contributed by atoms with van der Waals surface area (Å²) in [4.78, 5) is 16.3. The summed E-state index contributed by atoms with van der Waals surface area (Å²) in [5.74, 6) is -0.641. The van der Waals surface area contributed by atoms with Crippen molar-refractivity contribution in [3.05, 3.63) is 57.8 Å². The smallest absolute Gasteiger partial charge is 0.258 e. The fourth-order valence-corrected chi connectivity index (χ4v) is 3.04. The fraction of sp³-hybridized carbons (Fsp3) is 0. The van der Waals surface area contributed by atoms with Gasteiger partial charge >= 0.3 is 0 Å². The van der Waals surface area contributed by atoms with E-state index in [1.165, 1.54) is 23.5 Å². The summed E-state index contributed by atoms with van der Waals surface area (Å²) in [6.45, 7) is 0. The minimum absolute atomic E-state index is 0.303. The van der Waals surface area contributed by atoms with Gasteiger partial charge in [0.15, 0.2) is 5.13 Å². The lowest BCUT2D eigenvalue weighted by atomic mass is 10.0. The number of anilines is 1. The minimum atomic E-state index is -0.339. The van der Waals surface area contributed by atoms with Crippen LogP contribution in [0.4, 0.5) is 9.52 Å². The van der Waals surface area contributed by atoms with Crippen LogP contribution >= 0.6 is 27.3 Å². The highest BCUT2D eigenvalue weighted by Crippen LogP contribution is 2.26. The summed E-state index contributed by atoms with van der Waals surface area (Å²) in [7, 11) is 0. The van der Waals surface area contributed by atoms with Gasteiger partial charge in [-0.25, -0.2) is 9.37 Å². The van der Waals surface area contributed by atoms with Crippen LogP contribution in [0.2, 0.25) is 0 Å². The maximum atomic E-state index is 13.7. The molecule has 1 heterocycles. The van der Waals surface area contributed by atoms with Crippen LogP contribution < -0.4 is 5.32 Å². The molecule has 0 radical (unpaired) electrons. The summed E-state index contributed by atoms with van der Waals surface area (Å²) in [6.07, 6.45) is 1.61. The Balaban J connectivity index is 2.01. The van der Waals surface area contributed by atoms with Crippen LogP contribution in [0.25, 0.3) is 10.8 Å². The van der Waals surface area contributed by atoms with Crippen molar-refractivity contribution in [3.63, 3.8) is 0 Å². The summed E-state index contributed by atoms with van der Waals surface area (Å²) in [6, 6.07) is 9.68. The molecule has 0 aliphatic rings. The first-order valence-corrected chi connectivity index (χ1v) is 7.36. The molecule has 2 aromatic carbocycles. The van der Waals surface area contributed by atoms with Gasteiger partial charge < -0.3 is 0 Å². The number of carbonyl (C=O) groups is 1. The van der Waals surface area contributed by atoms with Crippen LogP contribution in [-0.4, -0.2) is 10.9 Å². The molecule has 0 aliphatic carbocycles. The average Bonchev–Trinajstić information content (AvgIpc) is 2.84. The van der Waals surface area contributed by atoms with Crippen LogP contribution in [0.3, 0.4) is 0 Å². The Kier molecular flexibility index (Phi) is 3.50. The highest BCUT2D eigenvalue weighted by Gasteiger charge is 2.13. The third kappa shape index (κ3) is 2.44. The van der Waals surface area contributed by atoms with Gasteiger partial charge in [0, 0.05) is 10.9 Å². The van der Waals surface area contributed by atoms with Crippen molar-refractivity contribution in [1.29, 1.82) is 0 Å². The van der Waals surface area contributed by atoms with Crippen molar-refractivity contribution in [1.82, 2.24) is 4.98 Å². The van der Waals surface area contributed by atoms with Gasteiger partial charge in [-0.15, -0.1) is 0 Å². The van der Waals surface area contributed by atoms with Crippen molar-refractivity contribution in [2.24, 2.45) is 0 Å². The molecule has 0 fully saturated rings. The second kappa shape index (κ2) is 5.30. The first-order valence-electron chi connectivity index (χ1n) is 5.75. The molecule has 1 amide bonds. The number of fused-ring (bicyclic) bond motifs is 1. The van der Waals surface area contributed by atoms with Crippen molar-refractivity contribution in [2.45, 2.75) is 0 Å². The zero-order chi connectivity index (χ0) is 14.1. The highest BCUT2D eigenvalue weighted by atomic mass is 79.9. The molecule has 0 aliphatic heterocycles. The van der Waals surface area contributed by atoms with Crippen LogP contribution in [0, 0.1) is 5.82 Å². The Morgan fingerprint density at radius 1 is 1.20 bits per heavy atom. The van der Waals surface area contributed by atoms with E-state index in [0.29, 0.717) is 21.5 Å². The van der Waals surface area contributed by atoms with Crippen LogP contribution in [0.1, 0.15) is 10.4 Å². The molecule has 0 atom stereocenters. The molecule has 0 unspecified atom stereocenters. The van der Waals surface area contributed by atoms with Gasteiger partial charge in [0.25, 0.3) is 5.91 Å². The number of nitrogens with one attached hydrogen (secondary N) is 1. The highest BCUT2D eigenvalue weighted by molar-refractivity contribution is 9.11. The molecule has 1 N–H and O–H groups in total. The number of benzene rings is 2. The van der Waals surface area contributed by atoms with Crippen molar-refractivity contribution in [2.75, 3.05) is 5.32 Å². The van der Waals surface area contributed by atoms with Gasteiger partial charge in [0.05, 0.1) is 9.98 Å². The monoisotopic (exact) mass is 350 g/mol. The van der Waals surface area contributed by atoms with Gasteiger partial charge in [-0.05, 0) is 33.4 Å². The largest absolute Gasteiger partial charge is 0.298 e. The second-order valence-corrected chi connectivity index (χ2v) is 6.47. The minimum Gasteiger partial charge on any atom is -0.298 e. The number of hydrogen-bond donors (Lipinski definition) is 1. The third-order valence-corrected chi connectivity index (χ3v) is 4.21. The number of thiazole rings is 1. The van der Waals surface area contributed by atoms with E-state index in [9.17, 15) is 9.18 Å². The van der Waals surface area contributed by atoms with Gasteiger partial charge in [-0.2, -0.15) is 0 Å². The Labute approximate surface area is 126 Å². The van der Waals surface area contributed by atoms with Crippen LogP contribution in [-0.2, 0) is 0 Å². The SMILES string of the molecule is O=C(Nc1ncc(Br)s1)c1ccc(F)c2ccccc12. The lowest BCUT2D eigenvalue weighted by molar-refractivity contribution is 0.102. The standard InChI is InChI=1S/C14H8BrFN2OS/c15-12-7-17-14(20-12)18-13(19)10-5-6-11(16)9-4-2-1-3-8(9)10/h1-7H,(H,17,18,19). The van der Waals surface area contributed by atoms with Gasteiger partial charge in [0.2, 0.25) is 0 Å². The number of carbonyl (C=O) groups excluding carboxylic acids is 1. The number of aromatic nitrogens is 1.